The normalized spacial score (nSPS) is 10.4. The van der Waals surface area contributed by atoms with Gasteiger partial charge in [-0.15, -0.1) is 0 Å². The van der Waals surface area contributed by atoms with Crippen molar-refractivity contribution in [3.05, 3.63) is 28.1 Å². The smallest absolute Gasteiger partial charge is 0.321 e. The summed E-state index contributed by atoms with van der Waals surface area (Å²) < 4.78 is 6.07. The molecule has 2 heterocycles. The third-order valence-electron chi connectivity index (χ3n) is 1.75. The maximum Gasteiger partial charge on any atom is 0.321 e. The van der Waals surface area contributed by atoms with Crippen LogP contribution >= 0.6 is 39.3 Å². The fourth-order valence-electron chi connectivity index (χ4n) is 1.09. The summed E-state index contributed by atoms with van der Waals surface area (Å²) in [5.41, 5.74) is 0. The molecule has 0 amide bonds. The first-order valence-corrected chi connectivity index (χ1v) is 7.00. The first kappa shape index (κ1) is 13.5. The van der Waals surface area contributed by atoms with Gasteiger partial charge in [-0.2, -0.15) is 15.0 Å². The van der Waals surface area contributed by atoms with Crippen LogP contribution < -0.4 is 4.74 Å². The van der Waals surface area contributed by atoms with Gasteiger partial charge in [-0.3, -0.25) is 0 Å². The van der Waals surface area contributed by atoms with Gasteiger partial charge in [-0.25, -0.2) is 4.98 Å². The fraction of sp³-hybridized carbons (Fsp3) is 0.200. The number of pyridine rings is 1. The van der Waals surface area contributed by atoms with Crippen LogP contribution in [0.4, 0.5) is 0 Å². The molecule has 0 aliphatic heterocycles. The number of nitrogens with zero attached hydrogens (tertiary/aromatic N) is 4. The summed E-state index contributed by atoms with van der Waals surface area (Å²) in [6.45, 7) is 2.32. The standard InChI is InChI=1S/C10H8BrClN4OS/c1-2-17-9-14-8(12)15-10(16-9)18-7-6(11)4-3-5-13-7/h3-5H,2H2,1H3. The van der Waals surface area contributed by atoms with Crippen LogP contribution in [0.25, 0.3) is 0 Å². The van der Waals surface area contributed by atoms with Crippen molar-refractivity contribution in [2.75, 3.05) is 6.61 Å². The van der Waals surface area contributed by atoms with Crippen molar-refractivity contribution < 1.29 is 4.74 Å². The van der Waals surface area contributed by atoms with Gasteiger partial charge in [0.05, 0.1) is 11.1 Å². The monoisotopic (exact) mass is 346 g/mol. The van der Waals surface area contributed by atoms with E-state index in [0.717, 1.165) is 9.50 Å². The Morgan fingerprint density at radius 3 is 2.94 bits per heavy atom. The van der Waals surface area contributed by atoms with E-state index in [0.29, 0.717) is 11.8 Å². The van der Waals surface area contributed by atoms with Crippen LogP contribution in [0.5, 0.6) is 6.01 Å². The van der Waals surface area contributed by atoms with Gasteiger partial charge in [-0.1, -0.05) is 0 Å². The van der Waals surface area contributed by atoms with Gasteiger partial charge >= 0.3 is 6.01 Å². The molecule has 0 saturated carbocycles. The largest absolute Gasteiger partial charge is 0.464 e. The maximum absolute atomic E-state index is 5.80. The molecule has 8 heteroatoms. The highest BCUT2D eigenvalue weighted by atomic mass is 79.9. The lowest BCUT2D eigenvalue weighted by Crippen LogP contribution is -2.00. The summed E-state index contributed by atoms with van der Waals surface area (Å²) in [4.78, 5) is 16.2. The molecule has 0 aromatic carbocycles. The van der Waals surface area contributed by atoms with Gasteiger partial charge in [0.1, 0.15) is 5.03 Å². The molecular weight excluding hydrogens is 340 g/mol. The first-order valence-electron chi connectivity index (χ1n) is 5.01. The molecular formula is C10H8BrClN4OS. The van der Waals surface area contributed by atoms with Gasteiger partial charge in [0, 0.05) is 6.20 Å². The lowest BCUT2D eigenvalue weighted by molar-refractivity contribution is 0.307. The van der Waals surface area contributed by atoms with Crippen LogP contribution in [-0.4, -0.2) is 26.5 Å². The summed E-state index contributed by atoms with van der Waals surface area (Å²) in [6.07, 6.45) is 1.69. The van der Waals surface area contributed by atoms with E-state index in [1.165, 1.54) is 11.8 Å². The number of aromatic nitrogens is 4. The topological polar surface area (TPSA) is 60.8 Å². The van der Waals surface area contributed by atoms with E-state index in [4.69, 9.17) is 16.3 Å². The van der Waals surface area contributed by atoms with Gasteiger partial charge in [-0.05, 0) is 58.3 Å². The molecule has 0 bridgehead atoms. The number of hydrogen-bond donors (Lipinski definition) is 0. The van der Waals surface area contributed by atoms with Crippen molar-refractivity contribution in [1.29, 1.82) is 0 Å². The number of halogens is 2. The zero-order valence-corrected chi connectivity index (χ0v) is 12.5. The molecule has 2 rings (SSSR count). The van der Waals surface area contributed by atoms with Gasteiger partial charge in [0.2, 0.25) is 10.4 Å². The second-order valence-corrected chi connectivity index (χ2v) is 5.14. The summed E-state index contributed by atoms with van der Waals surface area (Å²) in [7, 11) is 0. The zero-order valence-electron chi connectivity index (χ0n) is 9.30. The molecule has 0 aliphatic rings. The third kappa shape index (κ3) is 3.54. The Labute approximate surface area is 122 Å². The van der Waals surface area contributed by atoms with E-state index in [-0.39, 0.29) is 11.3 Å². The Kier molecular flexibility index (Phi) is 4.73. The second-order valence-electron chi connectivity index (χ2n) is 3.00. The van der Waals surface area contributed by atoms with Crippen LogP contribution in [0.15, 0.2) is 33.0 Å². The number of rotatable bonds is 4. The quantitative estimate of drug-likeness (QED) is 0.846. The highest BCUT2D eigenvalue weighted by molar-refractivity contribution is 9.10. The van der Waals surface area contributed by atoms with E-state index in [1.807, 2.05) is 19.1 Å². The minimum absolute atomic E-state index is 0.100. The molecule has 0 atom stereocenters. The zero-order chi connectivity index (χ0) is 13.0. The predicted octanol–water partition coefficient (Wildman–Crippen LogP) is 3.23. The lowest BCUT2D eigenvalue weighted by atomic mass is 10.5. The van der Waals surface area contributed by atoms with Crippen molar-refractivity contribution in [2.24, 2.45) is 0 Å². The molecule has 2 aromatic heterocycles. The maximum atomic E-state index is 5.80. The SMILES string of the molecule is CCOc1nc(Cl)nc(Sc2ncccc2Br)n1. The van der Waals surface area contributed by atoms with Crippen LogP contribution in [0, 0.1) is 0 Å². The minimum atomic E-state index is 0.100. The molecule has 18 heavy (non-hydrogen) atoms. The Morgan fingerprint density at radius 1 is 1.39 bits per heavy atom. The summed E-state index contributed by atoms with van der Waals surface area (Å²) >= 11 is 10.5. The van der Waals surface area contributed by atoms with Crippen LogP contribution in [0.2, 0.25) is 5.28 Å². The highest BCUT2D eigenvalue weighted by Crippen LogP contribution is 2.30. The molecule has 0 spiro atoms. The lowest BCUT2D eigenvalue weighted by Gasteiger charge is -2.04. The van der Waals surface area contributed by atoms with E-state index in [2.05, 4.69) is 35.9 Å². The van der Waals surface area contributed by atoms with E-state index < -0.39 is 0 Å². The van der Waals surface area contributed by atoms with Crippen molar-refractivity contribution in [2.45, 2.75) is 17.1 Å². The summed E-state index contributed by atoms with van der Waals surface area (Å²) in [5, 5.41) is 1.29. The van der Waals surface area contributed by atoms with Gasteiger partial charge in [0.15, 0.2) is 0 Å². The van der Waals surface area contributed by atoms with Crippen molar-refractivity contribution in [1.82, 2.24) is 19.9 Å². The fourth-order valence-corrected chi connectivity index (χ4v) is 2.49. The Bertz CT molecular complexity index is 557. The molecule has 2 aromatic rings. The molecule has 0 unspecified atom stereocenters. The Balaban J connectivity index is 2.26. The van der Waals surface area contributed by atoms with Crippen LogP contribution in [0.3, 0.4) is 0 Å². The minimum Gasteiger partial charge on any atom is -0.464 e. The number of hydrogen-bond acceptors (Lipinski definition) is 6. The first-order chi connectivity index (χ1) is 8.69. The Hall–Kier alpha value is -0.920. The van der Waals surface area contributed by atoms with E-state index >= 15 is 0 Å². The predicted molar refractivity (Wildman–Crippen MR) is 72.1 cm³/mol. The molecule has 0 N–H and O–H groups in total. The van der Waals surface area contributed by atoms with Gasteiger partial charge in [0.25, 0.3) is 0 Å². The molecule has 5 nitrogen and oxygen atoms in total. The summed E-state index contributed by atoms with van der Waals surface area (Å²) in [6, 6.07) is 3.94. The van der Waals surface area contributed by atoms with Crippen molar-refractivity contribution in [3.8, 4) is 6.01 Å². The Morgan fingerprint density at radius 2 is 2.22 bits per heavy atom. The average molecular weight is 348 g/mol. The molecule has 94 valence electrons. The van der Waals surface area contributed by atoms with Crippen molar-refractivity contribution in [3.63, 3.8) is 0 Å². The van der Waals surface area contributed by atoms with Gasteiger partial charge < -0.3 is 4.74 Å². The van der Waals surface area contributed by atoms with E-state index in [1.54, 1.807) is 6.20 Å². The van der Waals surface area contributed by atoms with Crippen LogP contribution in [0.1, 0.15) is 6.92 Å². The molecule has 0 fully saturated rings. The van der Waals surface area contributed by atoms with Crippen LogP contribution in [-0.2, 0) is 0 Å². The molecule has 0 aliphatic carbocycles. The van der Waals surface area contributed by atoms with E-state index in [9.17, 15) is 0 Å². The summed E-state index contributed by atoms with van der Waals surface area (Å²) in [5.74, 6) is 0. The number of ether oxygens (including phenoxy) is 1. The average Bonchev–Trinajstić information content (AvgIpc) is 2.32. The van der Waals surface area contributed by atoms with Crippen molar-refractivity contribution >= 4 is 39.3 Å². The third-order valence-corrected chi connectivity index (χ3v) is 3.71. The molecule has 0 radical (unpaired) electrons. The highest BCUT2D eigenvalue weighted by Gasteiger charge is 2.10. The molecule has 0 saturated heterocycles. The second kappa shape index (κ2) is 6.31.